The van der Waals surface area contributed by atoms with E-state index in [4.69, 9.17) is 0 Å². The summed E-state index contributed by atoms with van der Waals surface area (Å²) in [5.41, 5.74) is 1.30. The fourth-order valence-corrected chi connectivity index (χ4v) is 2.64. The van der Waals surface area contributed by atoms with E-state index in [1.165, 1.54) is 5.56 Å². The van der Waals surface area contributed by atoms with E-state index >= 15 is 0 Å². The summed E-state index contributed by atoms with van der Waals surface area (Å²) in [5.74, 6) is 0.899. The molecule has 1 aliphatic heterocycles. The van der Waals surface area contributed by atoms with Crippen molar-refractivity contribution in [2.45, 2.75) is 24.8 Å². The van der Waals surface area contributed by atoms with Crippen molar-refractivity contribution in [3.63, 3.8) is 0 Å². The maximum absolute atomic E-state index is 12.0. The first-order chi connectivity index (χ1) is 8.34. The molecule has 0 radical (unpaired) electrons. The van der Waals surface area contributed by atoms with Gasteiger partial charge in [0.05, 0.1) is 0 Å². The molecule has 0 aromatic heterocycles. The second-order valence-corrected chi connectivity index (χ2v) is 5.06. The monoisotopic (exact) mass is 230 g/mol. The number of carbonyl (C=O) groups excluding carboxylic acids is 1. The molecule has 3 rings (SSSR count). The Morgan fingerprint density at radius 1 is 1.29 bits per heavy atom. The Bertz CT molecular complexity index is 398. The number of rotatable bonds is 3. The molecule has 0 spiro atoms. The van der Waals surface area contributed by atoms with Crippen molar-refractivity contribution in [3.05, 3.63) is 35.9 Å². The summed E-state index contributed by atoms with van der Waals surface area (Å²) in [6, 6.07) is 10.7. The van der Waals surface area contributed by atoms with Crippen LogP contribution in [0.1, 0.15) is 24.3 Å². The molecule has 90 valence electrons. The summed E-state index contributed by atoms with van der Waals surface area (Å²) in [6.07, 6.45) is 2.07. The minimum atomic E-state index is 0.206. The predicted octanol–water partition coefficient (Wildman–Crippen LogP) is 1.27. The van der Waals surface area contributed by atoms with Gasteiger partial charge < -0.3 is 10.6 Å². The molecular weight excluding hydrogens is 212 g/mol. The Balaban J connectivity index is 1.55. The lowest BCUT2D eigenvalue weighted by Gasteiger charge is -2.10. The second kappa shape index (κ2) is 4.49. The smallest absolute Gasteiger partial charge is 0.224 e. The number of benzene rings is 1. The van der Waals surface area contributed by atoms with Crippen LogP contribution in [0.5, 0.6) is 0 Å². The molecule has 1 amide bonds. The topological polar surface area (TPSA) is 41.1 Å². The van der Waals surface area contributed by atoms with Gasteiger partial charge >= 0.3 is 0 Å². The third-order valence-electron chi connectivity index (χ3n) is 3.76. The van der Waals surface area contributed by atoms with Crippen LogP contribution in [0, 0.1) is 5.92 Å². The van der Waals surface area contributed by atoms with Gasteiger partial charge in [-0.15, -0.1) is 0 Å². The average Bonchev–Trinajstić information content (AvgIpc) is 3.02. The highest BCUT2D eigenvalue weighted by Crippen LogP contribution is 2.47. The van der Waals surface area contributed by atoms with Crippen molar-refractivity contribution in [2.24, 2.45) is 5.92 Å². The Kier molecular flexibility index (Phi) is 2.85. The molecule has 2 aliphatic rings. The molecule has 2 unspecified atom stereocenters. The molecule has 1 saturated heterocycles. The van der Waals surface area contributed by atoms with Gasteiger partial charge in [0, 0.05) is 18.5 Å². The van der Waals surface area contributed by atoms with Crippen molar-refractivity contribution < 1.29 is 4.79 Å². The molecule has 2 fully saturated rings. The van der Waals surface area contributed by atoms with Crippen LogP contribution in [0.4, 0.5) is 0 Å². The van der Waals surface area contributed by atoms with E-state index in [-0.39, 0.29) is 11.8 Å². The minimum absolute atomic E-state index is 0.206. The Labute approximate surface area is 102 Å². The molecule has 17 heavy (non-hydrogen) atoms. The van der Waals surface area contributed by atoms with Gasteiger partial charge in [-0.3, -0.25) is 4.79 Å². The maximum Gasteiger partial charge on any atom is 0.224 e. The zero-order valence-electron chi connectivity index (χ0n) is 9.86. The van der Waals surface area contributed by atoms with Crippen molar-refractivity contribution in [1.29, 1.82) is 0 Å². The molecule has 1 saturated carbocycles. The van der Waals surface area contributed by atoms with Crippen molar-refractivity contribution in [3.8, 4) is 0 Å². The summed E-state index contributed by atoms with van der Waals surface area (Å²) in [5, 5.41) is 6.40. The summed E-state index contributed by atoms with van der Waals surface area (Å²) in [7, 11) is 0. The second-order valence-electron chi connectivity index (χ2n) is 5.06. The van der Waals surface area contributed by atoms with Crippen LogP contribution >= 0.6 is 0 Å². The average molecular weight is 230 g/mol. The third-order valence-corrected chi connectivity index (χ3v) is 3.76. The van der Waals surface area contributed by atoms with Crippen molar-refractivity contribution in [1.82, 2.24) is 10.6 Å². The SMILES string of the molecule is O=C(N[C@H]1CCNC1)C1CC1c1ccccc1. The predicted molar refractivity (Wildman–Crippen MR) is 66.7 cm³/mol. The highest BCUT2D eigenvalue weighted by atomic mass is 16.2. The molecule has 3 nitrogen and oxygen atoms in total. The first kappa shape index (κ1) is 10.8. The summed E-state index contributed by atoms with van der Waals surface area (Å²) >= 11 is 0. The van der Waals surface area contributed by atoms with Crippen molar-refractivity contribution in [2.75, 3.05) is 13.1 Å². The minimum Gasteiger partial charge on any atom is -0.352 e. The normalized spacial score (nSPS) is 31.2. The van der Waals surface area contributed by atoms with Crippen LogP contribution in [0.2, 0.25) is 0 Å². The number of amides is 1. The van der Waals surface area contributed by atoms with E-state index in [1.807, 2.05) is 18.2 Å². The highest BCUT2D eigenvalue weighted by Gasteiger charge is 2.44. The zero-order chi connectivity index (χ0) is 11.7. The first-order valence-electron chi connectivity index (χ1n) is 6.40. The molecule has 1 aliphatic carbocycles. The van der Waals surface area contributed by atoms with E-state index in [2.05, 4.69) is 22.8 Å². The number of hydrogen-bond acceptors (Lipinski definition) is 2. The van der Waals surface area contributed by atoms with Crippen molar-refractivity contribution >= 4 is 5.91 Å². The highest BCUT2D eigenvalue weighted by molar-refractivity contribution is 5.83. The van der Waals surface area contributed by atoms with Crippen LogP contribution in [-0.4, -0.2) is 25.0 Å². The lowest BCUT2D eigenvalue weighted by molar-refractivity contribution is -0.123. The van der Waals surface area contributed by atoms with Crippen LogP contribution in [0.15, 0.2) is 30.3 Å². The molecule has 0 bridgehead atoms. The van der Waals surface area contributed by atoms with Gasteiger partial charge in [0.2, 0.25) is 5.91 Å². The number of hydrogen-bond donors (Lipinski definition) is 2. The standard InChI is InChI=1S/C14H18N2O/c17-14(16-11-6-7-15-9-11)13-8-12(13)10-4-2-1-3-5-10/h1-5,11-13,15H,6-9H2,(H,16,17)/t11-,12?,13?/m0/s1. The Hall–Kier alpha value is -1.35. The lowest BCUT2D eigenvalue weighted by Crippen LogP contribution is -2.37. The van der Waals surface area contributed by atoms with Crippen LogP contribution < -0.4 is 10.6 Å². The zero-order valence-corrected chi connectivity index (χ0v) is 9.86. The maximum atomic E-state index is 12.0. The van der Waals surface area contributed by atoms with Gasteiger partial charge in [0.25, 0.3) is 0 Å². The van der Waals surface area contributed by atoms with Gasteiger partial charge in [-0.2, -0.15) is 0 Å². The Morgan fingerprint density at radius 2 is 2.12 bits per heavy atom. The van der Waals surface area contributed by atoms with E-state index in [9.17, 15) is 4.79 Å². The Morgan fingerprint density at radius 3 is 2.82 bits per heavy atom. The summed E-state index contributed by atoms with van der Waals surface area (Å²) < 4.78 is 0. The van der Waals surface area contributed by atoms with E-state index in [0.29, 0.717) is 12.0 Å². The number of carbonyl (C=O) groups is 1. The van der Waals surface area contributed by atoms with Gasteiger partial charge in [0.15, 0.2) is 0 Å². The first-order valence-corrected chi connectivity index (χ1v) is 6.40. The van der Waals surface area contributed by atoms with Crippen LogP contribution in [0.3, 0.4) is 0 Å². The lowest BCUT2D eigenvalue weighted by atomic mass is 10.1. The molecule has 3 heteroatoms. The van der Waals surface area contributed by atoms with E-state index in [0.717, 1.165) is 25.9 Å². The van der Waals surface area contributed by atoms with Gasteiger partial charge in [-0.25, -0.2) is 0 Å². The van der Waals surface area contributed by atoms with E-state index < -0.39 is 0 Å². The summed E-state index contributed by atoms with van der Waals surface area (Å²) in [4.78, 5) is 12.0. The van der Waals surface area contributed by atoms with Crippen LogP contribution in [-0.2, 0) is 4.79 Å². The third kappa shape index (κ3) is 2.34. The summed E-state index contributed by atoms with van der Waals surface area (Å²) in [6.45, 7) is 1.95. The fourth-order valence-electron chi connectivity index (χ4n) is 2.64. The van der Waals surface area contributed by atoms with Gasteiger partial charge in [-0.1, -0.05) is 30.3 Å². The van der Waals surface area contributed by atoms with E-state index in [1.54, 1.807) is 0 Å². The fraction of sp³-hybridized carbons (Fsp3) is 0.500. The number of nitrogens with one attached hydrogen (secondary N) is 2. The molecule has 1 heterocycles. The molecule has 1 aromatic rings. The van der Waals surface area contributed by atoms with Crippen LogP contribution in [0.25, 0.3) is 0 Å². The molecular formula is C14H18N2O. The van der Waals surface area contributed by atoms with Gasteiger partial charge in [-0.05, 0) is 30.9 Å². The molecule has 1 aromatic carbocycles. The molecule has 2 N–H and O–H groups in total. The quantitative estimate of drug-likeness (QED) is 0.821. The largest absolute Gasteiger partial charge is 0.352 e. The molecule has 3 atom stereocenters. The van der Waals surface area contributed by atoms with Gasteiger partial charge in [0.1, 0.15) is 0 Å².